The molecule has 0 bridgehead atoms. The number of rotatable bonds is 4. The van der Waals surface area contributed by atoms with Crippen LogP contribution in [0.3, 0.4) is 0 Å². The lowest BCUT2D eigenvalue weighted by Gasteiger charge is -2.19. The van der Waals surface area contributed by atoms with Crippen LogP contribution in [0.1, 0.15) is 26.7 Å². The highest BCUT2D eigenvalue weighted by molar-refractivity contribution is 5.74. The van der Waals surface area contributed by atoms with Gasteiger partial charge >= 0.3 is 6.03 Å². The number of carbonyl (C=O) groups is 1. The van der Waals surface area contributed by atoms with Crippen LogP contribution in [0.5, 0.6) is 0 Å². The molecule has 3 N–H and O–H groups in total. The fourth-order valence-corrected chi connectivity index (χ4v) is 1.05. The fourth-order valence-electron chi connectivity index (χ4n) is 1.05. The maximum atomic E-state index is 11.2. The highest BCUT2D eigenvalue weighted by Gasteiger charge is 2.24. The van der Waals surface area contributed by atoms with E-state index in [1.54, 1.807) is 0 Å². The fraction of sp³-hybridized carbons (Fsp3) is 0.889. The molecule has 1 atom stereocenters. The van der Waals surface area contributed by atoms with E-state index in [1.807, 2.05) is 13.8 Å². The standard InChI is InChI=1S/C9H18N2O2/c1-6(2)8(5-12)11-9(13)10-7-3-4-7/h6-8,12H,3-5H2,1-2H3,(H2,10,11,13)/t8-/m1/s1. The zero-order valence-electron chi connectivity index (χ0n) is 8.21. The van der Waals surface area contributed by atoms with Crippen molar-refractivity contribution in [2.45, 2.75) is 38.8 Å². The summed E-state index contributed by atoms with van der Waals surface area (Å²) in [7, 11) is 0. The third-order valence-electron chi connectivity index (χ3n) is 2.23. The Labute approximate surface area is 78.7 Å². The molecule has 1 fully saturated rings. The van der Waals surface area contributed by atoms with Crippen LogP contribution in [0.15, 0.2) is 0 Å². The predicted octanol–water partition coefficient (Wildman–Crippen LogP) is 0.465. The van der Waals surface area contributed by atoms with Crippen molar-refractivity contribution in [3.63, 3.8) is 0 Å². The largest absolute Gasteiger partial charge is 0.394 e. The zero-order valence-corrected chi connectivity index (χ0v) is 8.21. The molecule has 0 radical (unpaired) electrons. The third-order valence-corrected chi connectivity index (χ3v) is 2.23. The van der Waals surface area contributed by atoms with Crippen LogP contribution in [0, 0.1) is 5.92 Å². The molecule has 0 unspecified atom stereocenters. The Morgan fingerprint density at radius 3 is 2.54 bits per heavy atom. The lowest BCUT2D eigenvalue weighted by molar-refractivity contribution is 0.198. The van der Waals surface area contributed by atoms with Crippen LogP contribution in [0.25, 0.3) is 0 Å². The molecule has 0 aromatic heterocycles. The van der Waals surface area contributed by atoms with Crippen molar-refractivity contribution in [2.75, 3.05) is 6.61 Å². The minimum Gasteiger partial charge on any atom is -0.394 e. The monoisotopic (exact) mass is 186 g/mol. The molecule has 1 aliphatic rings. The summed E-state index contributed by atoms with van der Waals surface area (Å²) in [4.78, 5) is 11.2. The lowest BCUT2D eigenvalue weighted by atomic mass is 10.1. The first kappa shape index (κ1) is 10.3. The van der Waals surface area contributed by atoms with Crippen molar-refractivity contribution < 1.29 is 9.90 Å². The molecular weight excluding hydrogens is 168 g/mol. The number of hydrogen-bond donors (Lipinski definition) is 3. The number of aliphatic hydroxyl groups excluding tert-OH is 1. The molecule has 0 spiro atoms. The second-order valence-electron chi connectivity index (χ2n) is 3.93. The molecular formula is C9H18N2O2. The second-order valence-corrected chi connectivity index (χ2v) is 3.93. The summed E-state index contributed by atoms with van der Waals surface area (Å²) in [5.41, 5.74) is 0. The van der Waals surface area contributed by atoms with Crippen molar-refractivity contribution in [3.05, 3.63) is 0 Å². The summed E-state index contributed by atoms with van der Waals surface area (Å²) in [6, 6.07) is 0.0699. The summed E-state index contributed by atoms with van der Waals surface area (Å²) in [5.74, 6) is 0.259. The number of amides is 2. The Kier molecular flexibility index (Phi) is 3.54. The van der Waals surface area contributed by atoms with Gasteiger partial charge in [0, 0.05) is 6.04 Å². The molecule has 4 heteroatoms. The van der Waals surface area contributed by atoms with E-state index in [0.717, 1.165) is 12.8 Å². The van der Waals surface area contributed by atoms with Gasteiger partial charge in [-0.2, -0.15) is 0 Å². The van der Waals surface area contributed by atoms with E-state index < -0.39 is 0 Å². The number of urea groups is 1. The predicted molar refractivity (Wildman–Crippen MR) is 50.4 cm³/mol. The number of carbonyl (C=O) groups excluding carboxylic acids is 1. The molecule has 13 heavy (non-hydrogen) atoms. The van der Waals surface area contributed by atoms with Crippen LogP contribution < -0.4 is 10.6 Å². The average molecular weight is 186 g/mol. The van der Waals surface area contributed by atoms with Crippen molar-refractivity contribution in [1.29, 1.82) is 0 Å². The van der Waals surface area contributed by atoms with Crippen LogP contribution in [0.4, 0.5) is 4.79 Å². The van der Waals surface area contributed by atoms with Crippen molar-refractivity contribution in [3.8, 4) is 0 Å². The van der Waals surface area contributed by atoms with E-state index in [-0.39, 0.29) is 24.6 Å². The summed E-state index contributed by atoms with van der Waals surface area (Å²) >= 11 is 0. The molecule has 1 saturated carbocycles. The summed E-state index contributed by atoms with van der Waals surface area (Å²) in [6.07, 6.45) is 2.16. The molecule has 4 nitrogen and oxygen atoms in total. The van der Waals surface area contributed by atoms with E-state index in [0.29, 0.717) is 6.04 Å². The first-order chi connectivity index (χ1) is 6.13. The summed E-state index contributed by atoms with van der Waals surface area (Å²) in [6.45, 7) is 3.94. The van der Waals surface area contributed by atoms with E-state index >= 15 is 0 Å². The van der Waals surface area contributed by atoms with Gasteiger partial charge in [-0.25, -0.2) is 4.79 Å². The lowest BCUT2D eigenvalue weighted by Crippen LogP contribution is -2.46. The topological polar surface area (TPSA) is 61.4 Å². The first-order valence-electron chi connectivity index (χ1n) is 4.81. The SMILES string of the molecule is CC(C)[C@@H](CO)NC(=O)NC1CC1. The minimum atomic E-state index is -0.157. The van der Waals surface area contributed by atoms with E-state index in [9.17, 15) is 4.79 Å². The van der Waals surface area contributed by atoms with Crippen molar-refractivity contribution >= 4 is 6.03 Å². The second kappa shape index (κ2) is 4.46. The van der Waals surface area contributed by atoms with Gasteiger partial charge in [0.05, 0.1) is 12.6 Å². The van der Waals surface area contributed by atoms with E-state index in [2.05, 4.69) is 10.6 Å². The Bertz CT molecular complexity index is 178. The maximum Gasteiger partial charge on any atom is 0.315 e. The Hall–Kier alpha value is -0.770. The normalized spacial score (nSPS) is 18.5. The molecule has 2 amide bonds. The van der Waals surface area contributed by atoms with Gasteiger partial charge < -0.3 is 15.7 Å². The number of hydrogen-bond acceptors (Lipinski definition) is 2. The van der Waals surface area contributed by atoms with Gasteiger partial charge in [0.2, 0.25) is 0 Å². The molecule has 1 aliphatic carbocycles. The minimum absolute atomic E-state index is 0.00421. The smallest absolute Gasteiger partial charge is 0.315 e. The van der Waals surface area contributed by atoms with Crippen LogP contribution in [0.2, 0.25) is 0 Å². The Balaban J connectivity index is 2.22. The number of nitrogens with one attached hydrogen (secondary N) is 2. The van der Waals surface area contributed by atoms with Gasteiger partial charge in [0.15, 0.2) is 0 Å². The average Bonchev–Trinajstić information content (AvgIpc) is 2.83. The maximum absolute atomic E-state index is 11.2. The van der Waals surface area contributed by atoms with Gasteiger partial charge in [0.25, 0.3) is 0 Å². The van der Waals surface area contributed by atoms with Gasteiger partial charge in [0.1, 0.15) is 0 Å². The highest BCUT2D eigenvalue weighted by Crippen LogP contribution is 2.18. The van der Waals surface area contributed by atoms with Gasteiger partial charge in [-0.3, -0.25) is 0 Å². The van der Waals surface area contributed by atoms with Gasteiger partial charge in [-0.05, 0) is 18.8 Å². The molecule has 0 saturated heterocycles. The Morgan fingerprint density at radius 1 is 1.54 bits per heavy atom. The van der Waals surface area contributed by atoms with Crippen molar-refractivity contribution in [1.82, 2.24) is 10.6 Å². The quantitative estimate of drug-likeness (QED) is 0.597. The number of aliphatic hydroxyl groups is 1. The molecule has 0 aromatic carbocycles. The van der Waals surface area contributed by atoms with Gasteiger partial charge in [-0.1, -0.05) is 13.8 Å². The third kappa shape index (κ3) is 3.63. The van der Waals surface area contributed by atoms with Gasteiger partial charge in [-0.15, -0.1) is 0 Å². The molecule has 0 heterocycles. The first-order valence-corrected chi connectivity index (χ1v) is 4.81. The summed E-state index contributed by atoms with van der Waals surface area (Å²) < 4.78 is 0. The van der Waals surface area contributed by atoms with Crippen LogP contribution in [-0.2, 0) is 0 Å². The van der Waals surface area contributed by atoms with E-state index in [4.69, 9.17) is 5.11 Å². The molecule has 1 rings (SSSR count). The van der Waals surface area contributed by atoms with Crippen LogP contribution in [-0.4, -0.2) is 29.8 Å². The Morgan fingerprint density at radius 2 is 2.15 bits per heavy atom. The highest BCUT2D eigenvalue weighted by atomic mass is 16.3. The molecule has 76 valence electrons. The zero-order chi connectivity index (χ0) is 9.84. The van der Waals surface area contributed by atoms with E-state index in [1.165, 1.54) is 0 Å². The summed E-state index contributed by atoms with van der Waals surface area (Å²) in [5, 5.41) is 14.5. The van der Waals surface area contributed by atoms with Crippen molar-refractivity contribution in [2.24, 2.45) is 5.92 Å². The van der Waals surface area contributed by atoms with Crippen LogP contribution >= 0.6 is 0 Å². The molecule has 0 aliphatic heterocycles. The molecule has 0 aromatic rings.